The number of piperidine rings is 1. The van der Waals surface area contributed by atoms with Gasteiger partial charge in [0.05, 0.1) is 11.0 Å². The number of nitrogens with one attached hydrogen (secondary N) is 2. The first-order valence-corrected chi connectivity index (χ1v) is 8.55. The lowest BCUT2D eigenvalue weighted by Gasteiger charge is -2.28. The van der Waals surface area contributed by atoms with Crippen LogP contribution < -0.4 is 10.9 Å². The highest BCUT2D eigenvalue weighted by Gasteiger charge is 2.17. The minimum absolute atomic E-state index is 0.0108. The SMILES string of the molecule is CN1CCC(CNC(=O)CCc2nc3ccccc3[nH]c2=O)CC1. The molecule has 2 heterocycles. The number of carbonyl (C=O) groups is 1. The van der Waals surface area contributed by atoms with Gasteiger partial charge in [-0.1, -0.05) is 12.1 Å². The van der Waals surface area contributed by atoms with Gasteiger partial charge in [0.15, 0.2) is 0 Å². The van der Waals surface area contributed by atoms with Gasteiger partial charge in [0.25, 0.3) is 5.56 Å². The van der Waals surface area contributed by atoms with Gasteiger partial charge in [-0.15, -0.1) is 0 Å². The smallest absolute Gasteiger partial charge is 0.270 e. The Morgan fingerprint density at radius 2 is 2.08 bits per heavy atom. The van der Waals surface area contributed by atoms with Crippen LogP contribution >= 0.6 is 0 Å². The molecule has 1 fully saturated rings. The molecule has 1 aliphatic heterocycles. The molecular formula is C18H24N4O2. The van der Waals surface area contributed by atoms with Gasteiger partial charge in [-0.2, -0.15) is 0 Å². The molecule has 128 valence electrons. The van der Waals surface area contributed by atoms with Crippen molar-refractivity contribution < 1.29 is 4.79 Å². The predicted molar refractivity (Wildman–Crippen MR) is 93.9 cm³/mol. The molecular weight excluding hydrogens is 304 g/mol. The number of fused-ring (bicyclic) bond motifs is 1. The zero-order valence-corrected chi connectivity index (χ0v) is 14.0. The van der Waals surface area contributed by atoms with Gasteiger partial charge in [0.2, 0.25) is 5.91 Å². The summed E-state index contributed by atoms with van der Waals surface area (Å²) >= 11 is 0. The number of carbonyl (C=O) groups excluding carboxylic acids is 1. The quantitative estimate of drug-likeness (QED) is 0.867. The second-order valence-electron chi connectivity index (χ2n) is 6.58. The van der Waals surface area contributed by atoms with E-state index in [1.807, 2.05) is 24.3 Å². The molecule has 0 aliphatic carbocycles. The number of H-pyrrole nitrogens is 1. The Morgan fingerprint density at radius 1 is 1.33 bits per heavy atom. The van der Waals surface area contributed by atoms with E-state index in [2.05, 4.69) is 27.2 Å². The highest BCUT2D eigenvalue weighted by Crippen LogP contribution is 2.14. The maximum atomic E-state index is 12.0. The molecule has 0 radical (unpaired) electrons. The number of rotatable bonds is 5. The first kappa shape index (κ1) is 16.6. The third-order valence-electron chi connectivity index (χ3n) is 4.68. The van der Waals surface area contributed by atoms with Crippen molar-refractivity contribution in [2.45, 2.75) is 25.7 Å². The van der Waals surface area contributed by atoms with Crippen LogP contribution in [0.5, 0.6) is 0 Å². The molecule has 2 aromatic rings. The van der Waals surface area contributed by atoms with E-state index in [0.717, 1.165) is 43.5 Å². The average molecular weight is 328 g/mol. The van der Waals surface area contributed by atoms with Crippen LogP contribution in [0.15, 0.2) is 29.1 Å². The third-order valence-corrected chi connectivity index (χ3v) is 4.68. The summed E-state index contributed by atoms with van der Waals surface area (Å²) in [5, 5.41) is 3.00. The summed E-state index contributed by atoms with van der Waals surface area (Å²) in [7, 11) is 2.13. The number of para-hydroxylation sites is 2. The van der Waals surface area contributed by atoms with Crippen LogP contribution in [0.1, 0.15) is 25.0 Å². The zero-order chi connectivity index (χ0) is 16.9. The predicted octanol–water partition coefficient (Wildman–Crippen LogP) is 1.31. The summed E-state index contributed by atoms with van der Waals surface area (Å²) in [6.07, 6.45) is 2.91. The van der Waals surface area contributed by atoms with Gasteiger partial charge >= 0.3 is 0 Å². The van der Waals surface area contributed by atoms with Crippen LogP contribution in [0.25, 0.3) is 11.0 Å². The molecule has 0 saturated carbocycles. The van der Waals surface area contributed by atoms with Gasteiger partial charge in [-0.3, -0.25) is 9.59 Å². The van der Waals surface area contributed by atoms with Gasteiger partial charge in [-0.05, 0) is 51.0 Å². The molecule has 3 rings (SSSR count). The second kappa shape index (κ2) is 7.57. The van der Waals surface area contributed by atoms with Crippen molar-refractivity contribution in [3.8, 4) is 0 Å². The fourth-order valence-electron chi connectivity index (χ4n) is 3.08. The highest BCUT2D eigenvalue weighted by molar-refractivity contribution is 5.76. The summed E-state index contributed by atoms with van der Waals surface area (Å²) in [6, 6.07) is 7.42. The van der Waals surface area contributed by atoms with Gasteiger partial charge in [0, 0.05) is 19.4 Å². The number of aryl methyl sites for hydroxylation is 1. The van der Waals surface area contributed by atoms with E-state index >= 15 is 0 Å². The van der Waals surface area contributed by atoms with Gasteiger partial charge < -0.3 is 15.2 Å². The van der Waals surface area contributed by atoms with Crippen LogP contribution in [-0.4, -0.2) is 47.5 Å². The molecule has 2 N–H and O–H groups in total. The largest absolute Gasteiger partial charge is 0.356 e. The molecule has 24 heavy (non-hydrogen) atoms. The Balaban J connectivity index is 1.51. The van der Waals surface area contributed by atoms with Crippen molar-refractivity contribution in [2.75, 3.05) is 26.7 Å². The second-order valence-corrected chi connectivity index (χ2v) is 6.58. The summed E-state index contributed by atoms with van der Waals surface area (Å²) in [5.74, 6) is 0.552. The number of likely N-dealkylation sites (tertiary alicyclic amines) is 1. The van der Waals surface area contributed by atoms with Crippen molar-refractivity contribution in [3.05, 3.63) is 40.3 Å². The number of hydrogen-bond acceptors (Lipinski definition) is 4. The number of benzene rings is 1. The van der Waals surface area contributed by atoms with Crippen LogP contribution in [0, 0.1) is 5.92 Å². The molecule has 1 saturated heterocycles. The van der Waals surface area contributed by atoms with E-state index in [9.17, 15) is 9.59 Å². The minimum atomic E-state index is -0.211. The van der Waals surface area contributed by atoms with E-state index in [1.54, 1.807) is 0 Å². The van der Waals surface area contributed by atoms with Crippen molar-refractivity contribution in [2.24, 2.45) is 5.92 Å². The fraction of sp³-hybridized carbons (Fsp3) is 0.500. The maximum absolute atomic E-state index is 12.0. The van der Waals surface area contributed by atoms with E-state index in [4.69, 9.17) is 0 Å². The maximum Gasteiger partial charge on any atom is 0.270 e. The van der Waals surface area contributed by atoms with Crippen molar-refractivity contribution in [1.82, 2.24) is 20.2 Å². The lowest BCUT2D eigenvalue weighted by molar-refractivity contribution is -0.121. The van der Waals surface area contributed by atoms with Crippen molar-refractivity contribution >= 4 is 16.9 Å². The van der Waals surface area contributed by atoms with E-state index in [-0.39, 0.29) is 11.5 Å². The Kier molecular flexibility index (Phi) is 5.25. The van der Waals surface area contributed by atoms with E-state index < -0.39 is 0 Å². The van der Waals surface area contributed by atoms with Crippen molar-refractivity contribution in [3.63, 3.8) is 0 Å². The van der Waals surface area contributed by atoms with E-state index in [0.29, 0.717) is 24.5 Å². The highest BCUT2D eigenvalue weighted by atomic mass is 16.1. The lowest BCUT2D eigenvalue weighted by Crippen LogP contribution is -2.37. The Hall–Kier alpha value is -2.21. The summed E-state index contributed by atoms with van der Waals surface area (Å²) in [5.41, 5.74) is 1.68. The normalized spacial score (nSPS) is 16.4. The molecule has 0 atom stereocenters. The fourth-order valence-corrected chi connectivity index (χ4v) is 3.08. The summed E-state index contributed by atoms with van der Waals surface area (Å²) in [4.78, 5) is 33.6. The number of nitrogens with zero attached hydrogens (tertiary/aromatic N) is 2. The Bertz CT molecular complexity index is 763. The Labute approximate surface area is 141 Å². The van der Waals surface area contributed by atoms with Crippen molar-refractivity contribution in [1.29, 1.82) is 0 Å². The molecule has 6 nitrogen and oxygen atoms in total. The van der Waals surface area contributed by atoms with E-state index in [1.165, 1.54) is 0 Å². The van der Waals surface area contributed by atoms with Crippen LogP contribution in [0.3, 0.4) is 0 Å². The van der Waals surface area contributed by atoms with Crippen LogP contribution in [0.4, 0.5) is 0 Å². The first-order chi connectivity index (χ1) is 11.6. The van der Waals surface area contributed by atoms with Crippen LogP contribution in [-0.2, 0) is 11.2 Å². The topological polar surface area (TPSA) is 78.1 Å². The zero-order valence-electron chi connectivity index (χ0n) is 14.0. The summed E-state index contributed by atoms with van der Waals surface area (Å²) < 4.78 is 0. The number of aromatic amines is 1. The molecule has 0 bridgehead atoms. The molecule has 1 aromatic carbocycles. The first-order valence-electron chi connectivity index (χ1n) is 8.55. The molecule has 1 amide bonds. The number of aromatic nitrogens is 2. The van der Waals surface area contributed by atoms with Crippen LogP contribution in [0.2, 0.25) is 0 Å². The number of amides is 1. The molecule has 6 heteroatoms. The third kappa shape index (κ3) is 4.20. The molecule has 0 unspecified atom stereocenters. The monoisotopic (exact) mass is 328 g/mol. The molecule has 1 aromatic heterocycles. The number of hydrogen-bond donors (Lipinski definition) is 2. The Morgan fingerprint density at radius 3 is 2.88 bits per heavy atom. The average Bonchev–Trinajstić information content (AvgIpc) is 2.59. The van der Waals surface area contributed by atoms with Gasteiger partial charge in [-0.25, -0.2) is 4.98 Å². The minimum Gasteiger partial charge on any atom is -0.356 e. The standard InChI is InChI=1S/C18H24N4O2/c1-22-10-8-13(9-11-22)12-19-17(23)7-6-16-18(24)21-15-5-3-2-4-14(15)20-16/h2-5,13H,6-12H2,1H3,(H,19,23)(H,21,24). The molecule has 0 spiro atoms. The van der Waals surface area contributed by atoms with Gasteiger partial charge in [0.1, 0.15) is 5.69 Å². The summed E-state index contributed by atoms with van der Waals surface area (Å²) in [6.45, 7) is 2.92. The molecule has 1 aliphatic rings. The lowest BCUT2D eigenvalue weighted by atomic mass is 9.97.